The van der Waals surface area contributed by atoms with Crippen LogP contribution in [0.5, 0.6) is 0 Å². The van der Waals surface area contributed by atoms with E-state index in [1.54, 1.807) is 4.90 Å². The van der Waals surface area contributed by atoms with Crippen molar-refractivity contribution in [3.63, 3.8) is 0 Å². The summed E-state index contributed by atoms with van der Waals surface area (Å²) in [4.78, 5) is 23.9. The van der Waals surface area contributed by atoms with Crippen molar-refractivity contribution in [2.75, 3.05) is 32.1 Å². The van der Waals surface area contributed by atoms with Crippen LogP contribution in [0.15, 0.2) is 73.3 Å². The Hall–Kier alpha value is -4.66. The van der Waals surface area contributed by atoms with Crippen LogP contribution < -0.4 is 4.90 Å². The van der Waals surface area contributed by atoms with Gasteiger partial charge in [0, 0.05) is 56.8 Å². The molecule has 0 radical (unpaired) electrons. The van der Waals surface area contributed by atoms with Gasteiger partial charge in [-0.05, 0) is 43.5 Å². The molecule has 0 saturated carbocycles. The maximum atomic E-state index is 13.0. The number of para-hydroxylation sites is 1. The molecule has 2 aliphatic rings. The number of piperidine rings is 1. The summed E-state index contributed by atoms with van der Waals surface area (Å²) in [6.45, 7) is 7.72. The lowest BCUT2D eigenvalue weighted by molar-refractivity contribution is -0.133. The van der Waals surface area contributed by atoms with Crippen molar-refractivity contribution in [1.29, 1.82) is 0 Å². The minimum Gasteiger partial charge on any atom is -0.356 e. The first kappa shape index (κ1) is 24.4. The molecule has 9 heteroatoms. The van der Waals surface area contributed by atoms with Crippen LogP contribution in [0.25, 0.3) is 38.8 Å². The third-order valence-electron chi connectivity index (χ3n) is 8.83. The number of anilines is 1. The van der Waals surface area contributed by atoms with Gasteiger partial charge in [-0.15, -0.1) is 0 Å². The maximum Gasteiger partial charge on any atom is 0.253 e. The largest absolute Gasteiger partial charge is 0.356 e. The van der Waals surface area contributed by atoms with Gasteiger partial charge in [-0.25, -0.2) is 9.67 Å². The number of nitrogens with zero attached hydrogens (tertiary/aromatic N) is 8. The summed E-state index contributed by atoms with van der Waals surface area (Å²) in [5.74, 6) is 1.82. The van der Waals surface area contributed by atoms with E-state index in [2.05, 4.69) is 71.0 Å². The quantitative estimate of drug-likeness (QED) is 0.341. The predicted octanol–water partition coefficient (Wildman–Crippen LogP) is 4.50. The summed E-state index contributed by atoms with van der Waals surface area (Å²) < 4.78 is 3.85. The molecule has 0 atom stereocenters. The molecule has 7 rings (SSSR count). The molecule has 0 unspecified atom stereocenters. The van der Waals surface area contributed by atoms with Gasteiger partial charge in [0.2, 0.25) is 0 Å². The molecule has 3 aromatic heterocycles. The first-order valence-electron chi connectivity index (χ1n) is 13.6. The molecular weight excluding hydrogens is 500 g/mol. The highest BCUT2D eigenvalue weighted by atomic mass is 16.2. The van der Waals surface area contributed by atoms with Crippen LogP contribution in [-0.4, -0.2) is 73.0 Å². The summed E-state index contributed by atoms with van der Waals surface area (Å²) in [6, 6.07) is 16.7. The second-order valence-corrected chi connectivity index (χ2v) is 11.0. The Kier molecular flexibility index (Phi) is 5.29. The van der Waals surface area contributed by atoms with Gasteiger partial charge in [0.1, 0.15) is 22.9 Å². The Bertz CT molecular complexity index is 1810. The second-order valence-electron chi connectivity index (χ2n) is 11.0. The van der Waals surface area contributed by atoms with Crippen LogP contribution >= 0.6 is 0 Å². The van der Waals surface area contributed by atoms with E-state index in [-0.39, 0.29) is 5.91 Å². The molecule has 2 fully saturated rings. The van der Waals surface area contributed by atoms with Crippen LogP contribution in [0.2, 0.25) is 0 Å². The van der Waals surface area contributed by atoms with Crippen molar-refractivity contribution in [3.8, 4) is 16.9 Å². The third-order valence-corrected chi connectivity index (χ3v) is 8.83. The first-order valence-corrected chi connectivity index (χ1v) is 13.6. The molecule has 40 heavy (non-hydrogen) atoms. The zero-order valence-corrected chi connectivity index (χ0v) is 23.3. The molecule has 0 bridgehead atoms. The van der Waals surface area contributed by atoms with Crippen LogP contribution in [0, 0.1) is 6.92 Å². The van der Waals surface area contributed by atoms with E-state index in [0.29, 0.717) is 0 Å². The maximum absolute atomic E-state index is 13.0. The lowest BCUT2D eigenvalue weighted by Gasteiger charge is -2.42. The Morgan fingerprint density at radius 2 is 1.70 bits per heavy atom. The van der Waals surface area contributed by atoms with Gasteiger partial charge in [-0.3, -0.25) is 9.48 Å². The smallest absolute Gasteiger partial charge is 0.253 e. The van der Waals surface area contributed by atoms with Crippen molar-refractivity contribution in [3.05, 3.63) is 78.9 Å². The van der Waals surface area contributed by atoms with Gasteiger partial charge in [-0.2, -0.15) is 10.2 Å². The van der Waals surface area contributed by atoms with Gasteiger partial charge >= 0.3 is 0 Å². The van der Waals surface area contributed by atoms with Gasteiger partial charge < -0.3 is 14.7 Å². The summed E-state index contributed by atoms with van der Waals surface area (Å²) >= 11 is 0. The number of aryl methyl sites for hydroxylation is 2. The molecule has 0 aliphatic carbocycles. The Morgan fingerprint density at radius 1 is 0.925 bits per heavy atom. The van der Waals surface area contributed by atoms with Crippen molar-refractivity contribution in [1.82, 2.24) is 34.3 Å². The van der Waals surface area contributed by atoms with E-state index < -0.39 is 5.54 Å². The summed E-state index contributed by atoms with van der Waals surface area (Å²) in [5, 5.41) is 11.9. The van der Waals surface area contributed by atoms with Crippen molar-refractivity contribution < 1.29 is 4.79 Å². The van der Waals surface area contributed by atoms with Crippen molar-refractivity contribution in [2.45, 2.75) is 25.3 Å². The van der Waals surface area contributed by atoms with Crippen molar-refractivity contribution in [2.24, 2.45) is 7.05 Å². The molecule has 1 spiro atoms. The number of carbonyl (C=O) groups is 1. The topological polar surface area (TPSA) is 75.3 Å². The highest BCUT2D eigenvalue weighted by molar-refractivity contribution is 6.03. The zero-order chi connectivity index (χ0) is 27.8. The first-order chi connectivity index (χ1) is 19.3. The number of carbonyl (C=O) groups excluding carboxylic acids is 1. The monoisotopic (exact) mass is 532 g/mol. The van der Waals surface area contributed by atoms with E-state index in [9.17, 15) is 4.79 Å². The van der Waals surface area contributed by atoms with Crippen LogP contribution in [0.1, 0.15) is 18.4 Å². The number of benzene rings is 2. The Morgan fingerprint density at radius 3 is 2.40 bits per heavy atom. The molecule has 202 valence electrons. The number of rotatable bonds is 3. The van der Waals surface area contributed by atoms with Gasteiger partial charge in [0.05, 0.1) is 22.9 Å². The average Bonchev–Trinajstić information content (AvgIpc) is 3.60. The number of hydrogen-bond acceptors (Lipinski definition) is 6. The minimum atomic E-state index is -0.499. The number of likely N-dealkylation sites (N-methyl/N-ethyl adjacent to an activating group) is 2. The van der Waals surface area contributed by atoms with Gasteiger partial charge in [0.25, 0.3) is 5.91 Å². The molecule has 5 heterocycles. The fourth-order valence-corrected chi connectivity index (χ4v) is 6.48. The fraction of sp³-hybridized carbons (Fsp3) is 0.290. The molecule has 2 aromatic carbocycles. The number of fused-ring (bicyclic) bond motifs is 2. The second kappa shape index (κ2) is 8.67. The molecule has 0 N–H and O–H groups in total. The summed E-state index contributed by atoms with van der Waals surface area (Å²) in [7, 11) is 5.73. The highest BCUT2D eigenvalue weighted by Crippen LogP contribution is 2.40. The minimum absolute atomic E-state index is 0.140. The third kappa shape index (κ3) is 3.40. The Balaban J connectivity index is 1.22. The number of hydrogen-bond donors (Lipinski definition) is 0. The molecule has 5 aromatic rings. The summed E-state index contributed by atoms with van der Waals surface area (Å²) in [6.07, 6.45) is 5.42. The van der Waals surface area contributed by atoms with E-state index in [1.165, 1.54) is 0 Å². The van der Waals surface area contributed by atoms with Crippen LogP contribution in [0.4, 0.5) is 5.82 Å². The number of pyridine rings is 1. The van der Waals surface area contributed by atoms with Crippen molar-refractivity contribution >= 4 is 33.5 Å². The van der Waals surface area contributed by atoms with Crippen LogP contribution in [-0.2, 0) is 11.8 Å². The summed E-state index contributed by atoms with van der Waals surface area (Å²) in [5.41, 5.74) is 5.57. The van der Waals surface area contributed by atoms with Gasteiger partial charge in [-0.1, -0.05) is 36.9 Å². The van der Waals surface area contributed by atoms with E-state index in [1.807, 2.05) is 48.8 Å². The highest BCUT2D eigenvalue weighted by Gasteiger charge is 2.52. The molecular formula is C31H32N8O. The lowest BCUT2D eigenvalue weighted by atomic mass is 9.86. The molecule has 9 nitrogen and oxygen atoms in total. The lowest BCUT2D eigenvalue weighted by Crippen LogP contribution is -2.55. The van der Waals surface area contributed by atoms with E-state index >= 15 is 0 Å². The van der Waals surface area contributed by atoms with Crippen LogP contribution in [0.3, 0.4) is 0 Å². The zero-order valence-electron chi connectivity index (χ0n) is 23.3. The molecule has 2 aliphatic heterocycles. The normalized spacial score (nSPS) is 17.2. The van der Waals surface area contributed by atoms with Gasteiger partial charge in [0.15, 0.2) is 0 Å². The average molecular weight is 533 g/mol. The number of amides is 1. The molecule has 2 saturated heterocycles. The Labute approximate surface area is 232 Å². The van der Waals surface area contributed by atoms with E-state index in [0.717, 1.165) is 81.9 Å². The molecule has 1 amide bonds. The fourth-order valence-electron chi connectivity index (χ4n) is 6.48. The predicted molar refractivity (Wildman–Crippen MR) is 157 cm³/mol. The number of aromatic nitrogens is 5. The standard InChI is InChI=1S/C31H32N8O/c1-20-8-6-10-24-28(23-9-7-11-26-25(23)19-35(3)33-26)34-39(29(20)24)22-12-13-27(32-18-22)38-16-14-31(15-17-38)30(40)36(4)21(2)37(31)5/h6-13,18-19H,2,14-17H2,1,3-5H3. The SMILES string of the molecule is C=C1N(C)C(=O)C2(CCN(c3ccc(-n4nc(-c5cccc6nn(C)cc56)c5cccc(C)c54)cn3)CC2)N1C. The van der Waals surface area contributed by atoms with E-state index in [4.69, 9.17) is 10.1 Å².